The van der Waals surface area contributed by atoms with E-state index in [0.717, 1.165) is 4.47 Å². The maximum atomic E-state index is 12.5. The highest BCUT2D eigenvalue weighted by Gasteiger charge is 2.09. The van der Waals surface area contributed by atoms with Crippen LogP contribution in [0.25, 0.3) is 0 Å². The second-order valence-electron chi connectivity index (χ2n) is 3.45. The molecule has 8 heteroatoms. The smallest absolute Gasteiger partial charge is 0.245 e. The van der Waals surface area contributed by atoms with Crippen LogP contribution in [0.3, 0.4) is 0 Å². The third kappa shape index (κ3) is 2.70. The van der Waals surface area contributed by atoms with E-state index in [2.05, 4.69) is 35.8 Å². The molecule has 0 bridgehead atoms. The number of nitrogens with zero attached hydrogens (tertiary/aromatic N) is 5. The Balaban J connectivity index is 2.54. The van der Waals surface area contributed by atoms with Crippen LogP contribution in [0.1, 0.15) is 0 Å². The van der Waals surface area contributed by atoms with Crippen molar-refractivity contribution in [1.82, 2.24) is 20.2 Å². The zero-order valence-electron chi connectivity index (χ0n) is 9.24. The molecule has 0 aliphatic heterocycles. The fraction of sp³-hybridized carbons (Fsp3) is 0.222. The van der Waals surface area contributed by atoms with Crippen LogP contribution in [0.15, 0.2) is 38.0 Å². The van der Waals surface area contributed by atoms with E-state index in [0.29, 0.717) is 4.90 Å². The molecule has 1 aromatic heterocycles. The van der Waals surface area contributed by atoms with E-state index in [1.165, 1.54) is 4.68 Å². The van der Waals surface area contributed by atoms with Crippen LogP contribution in [-0.2, 0) is 16.8 Å². The summed E-state index contributed by atoms with van der Waals surface area (Å²) in [5.41, 5.74) is 0. The van der Waals surface area contributed by atoms with Gasteiger partial charge in [-0.3, -0.25) is 0 Å². The van der Waals surface area contributed by atoms with Crippen molar-refractivity contribution >= 4 is 31.6 Å². The molecular formula is C9H10BrN5OS. The summed E-state index contributed by atoms with van der Waals surface area (Å²) in [6.07, 6.45) is 1.56. The molecule has 1 heterocycles. The average molecular weight is 316 g/mol. The zero-order chi connectivity index (χ0) is 12.5. The molecule has 17 heavy (non-hydrogen) atoms. The molecule has 0 saturated carbocycles. The molecule has 0 aliphatic rings. The number of aryl methyl sites for hydroxylation is 1. The van der Waals surface area contributed by atoms with Gasteiger partial charge in [0.25, 0.3) is 5.95 Å². The molecule has 1 atom stereocenters. The SMILES string of the molecule is Cn1nnnc1N=S(C)(=O)c1cccc(Br)c1. The van der Waals surface area contributed by atoms with Crippen LogP contribution >= 0.6 is 15.9 Å². The Labute approximate surface area is 107 Å². The van der Waals surface area contributed by atoms with Gasteiger partial charge in [0.2, 0.25) is 0 Å². The summed E-state index contributed by atoms with van der Waals surface area (Å²) in [7, 11) is -0.898. The predicted octanol–water partition coefficient (Wildman–Crippen LogP) is 1.76. The molecule has 90 valence electrons. The quantitative estimate of drug-likeness (QED) is 0.846. The van der Waals surface area contributed by atoms with Crippen LogP contribution < -0.4 is 0 Å². The van der Waals surface area contributed by atoms with Crippen LogP contribution in [0, 0.1) is 0 Å². The Hall–Kier alpha value is -1.28. The molecular weight excluding hydrogens is 306 g/mol. The van der Waals surface area contributed by atoms with Gasteiger partial charge in [0.15, 0.2) is 0 Å². The number of benzene rings is 1. The minimum atomic E-state index is -2.55. The fourth-order valence-electron chi connectivity index (χ4n) is 1.21. The average Bonchev–Trinajstić information content (AvgIpc) is 2.64. The number of aromatic nitrogens is 4. The van der Waals surface area contributed by atoms with Gasteiger partial charge >= 0.3 is 0 Å². The van der Waals surface area contributed by atoms with Crippen molar-refractivity contribution < 1.29 is 4.21 Å². The third-order valence-corrected chi connectivity index (χ3v) is 4.22. The Morgan fingerprint density at radius 3 is 2.82 bits per heavy atom. The third-order valence-electron chi connectivity index (χ3n) is 2.09. The highest BCUT2D eigenvalue weighted by atomic mass is 79.9. The van der Waals surface area contributed by atoms with Crippen molar-refractivity contribution in [3.8, 4) is 0 Å². The summed E-state index contributed by atoms with van der Waals surface area (Å²) in [6, 6.07) is 7.21. The van der Waals surface area contributed by atoms with E-state index >= 15 is 0 Å². The molecule has 1 unspecified atom stereocenters. The molecule has 0 spiro atoms. The molecule has 0 saturated heterocycles. The van der Waals surface area contributed by atoms with Gasteiger partial charge in [0, 0.05) is 22.7 Å². The Morgan fingerprint density at radius 2 is 2.24 bits per heavy atom. The topological polar surface area (TPSA) is 73.0 Å². The van der Waals surface area contributed by atoms with Crippen molar-refractivity contribution in [2.45, 2.75) is 4.90 Å². The molecule has 2 aromatic rings. The monoisotopic (exact) mass is 315 g/mol. The zero-order valence-corrected chi connectivity index (χ0v) is 11.6. The minimum Gasteiger partial charge on any atom is -0.245 e. The summed E-state index contributed by atoms with van der Waals surface area (Å²) in [5, 5.41) is 10.8. The summed E-state index contributed by atoms with van der Waals surface area (Å²) >= 11 is 3.33. The van der Waals surface area contributed by atoms with Gasteiger partial charge in [0.05, 0.1) is 9.73 Å². The van der Waals surface area contributed by atoms with E-state index in [4.69, 9.17) is 0 Å². The lowest BCUT2D eigenvalue weighted by atomic mass is 10.4. The lowest BCUT2D eigenvalue weighted by molar-refractivity contribution is 0.678. The lowest BCUT2D eigenvalue weighted by Gasteiger charge is -2.03. The van der Waals surface area contributed by atoms with Gasteiger partial charge in [-0.15, -0.1) is 0 Å². The highest BCUT2D eigenvalue weighted by molar-refractivity contribution is 9.10. The van der Waals surface area contributed by atoms with Crippen LogP contribution in [0.4, 0.5) is 5.95 Å². The summed E-state index contributed by atoms with van der Waals surface area (Å²) in [5.74, 6) is 0.248. The van der Waals surface area contributed by atoms with E-state index in [1.54, 1.807) is 25.4 Å². The van der Waals surface area contributed by atoms with Gasteiger partial charge in [-0.05, 0) is 28.6 Å². The van der Waals surface area contributed by atoms with Gasteiger partial charge < -0.3 is 0 Å². The molecule has 0 fully saturated rings. The molecule has 0 N–H and O–H groups in total. The number of hydrogen-bond donors (Lipinski definition) is 0. The van der Waals surface area contributed by atoms with Crippen LogP contribution in [0.5, 0.6) is 0 Å². The first-order chi connectivity index (χ1) is 7.99. The number of tetrazole rings is 1. The van der Waals surface area contributed by atoms with Crippen molar-refractivity contribution in [1.29, 1.82) is 0 Å². The molecule has 0 aliphatic carbocycles. The number of rotatable bonds is 2. The summed E-state index contributed by atoms with van der Waals surface area (Å²) < 4.78 is 18.8. The van der Waals surface area contributed by atoms with Gasteiger partial charge in [-0.2, -0.15) is 4.36 Å². The summed E-state index contributed by atoms with van der Waals surface area (Å²) in [6.45, 7) is 0. The first kappa shape index (κ1) is 12.2. The van der Waals surface area contributed by atoms with Crippen molar-refractivity contribution in [2.24, 2.45) is 11.4 Å². The minimum absolute atomic E-state index is 0.248. The Kier molecular flexibility index (Phi) is 3.25. The largest absolute Gasteiger partial charge is 0.277 e. The molecule has 2 rings (SSSR count). The number of hydrogen-bond acceptors (Lipinski definition) is 5. The van der Waals surface area contributed by atoms with Gasteiger partial charge in [0.1, 0.15) is 0 Å². The number of halogens is 1. The standard InChI is InChI=1S/C9H10BrN5OS/c1-15-9(11-13-14-15)12-17(2,16)8-5-3-4-7(10)6-8/h3-6H,1-2H3. The molecule has 6 nitrogen and oxygen atoms in total. The maximum absolute atomic E-state index is 12.5. The second-order valence-corrected chi connectivity index (χ2v) is 6.63. The van der Waals surface area contributed by atoms with E-state index < -0.39 is 9.73 Å². The fourth-order valence-corrected chi connectivity index (χ4v) is 3.01. The van der Waals surface area contributed by atoms with Crippen molar-refractivity contribution in [3.05, 3.63) is 28.7 Å². The van der Waals surface area contributed by atoms with E-state index in [-0.39, 0.29) is 5.95 Å². The second kappa shape index (κ2) is 4.53. The van der Waals surface area contributed by atoms with E-state index in [9.17, 15) is 4.21 Å². The molecule has 0 amide bonds. The van der Waals surface area contributed by atoms with E-state index in [1.807, 2.05) is 12.1 Å². The van der Waals surface area contributed by atoms with Gasteiger partial charge in [-0.1, -0.05) is 27.1 Å². The van der Waals surface area contributed by atoms with Crippen molar-refractivity contribution in [3.63, 3.8) is 0 Å². The lowest BCUT2D eigenvalue weighted by Crippen LogP contribution is -1.99. The molecule has 0 radical (unpaired) electrons. The Morgan fingerprint density at radius 1 is 1.47 bits per heavy atom. The molecule has 1 aromatic carbocycles. The summed E-state index contributed by atoms with van der Waals surface area (Å²) in [4.78, 5) is 0.634. The van der Waals surface area contributed by atoms with Crippen LogP contribution in [0.2, 0.25) is 0 Å². The first-order valence-corrected chi connectivity index (χ1v) is 7.41. The normalized spacial score (nSPS) is 14.3. The predicted molar refractivity (Wildman–Crippen MR) is 67.4 cm³/mol. The first-order valence-electron chi connectivity index (χ1n) is 4.69. The highest BCUT2D eigenvalue weighted by Crippen LogP contribution is 2.19. The van der Waals surface area contributed by atoms with Gasteiger partial charge in [-0.25, -0.2) is 8.89 Å². The maximum Gasteiger partial charge on any atom is 0.277 e. The van der Waals surface area contributed by atoms with Crippen LogP contribution in [-0.4, -0.2) is 30.7 Å². The Bertz CT molecular complexity index is 659. The van der Waals surface area contributed by atoms with Crippen molar-refractivity contribution in [2.75, 3.05) is 6.26 Å².